The second-order valence-electron chi connectivity index (χ2n) is 7.56. The van der Waals surface area contributed by atoms with Crippen LogP contribution in [0.15, 0.2) is 78.9 Å². The van der Waals surface area contributed by atoms with Crippen molar-refractivity contribution in [2.45, 2.75) is 24.8 Å². The fraction of sp³-hybridized carbons (Fsp3) is 0.231. The van der Waals surface area contributed by atoms with Crippen LogP contribution in [0.25, 0.3) is 0 Å². The summed E-state index contributed by atoms with van der Waals surface area (Å²) < 4.78 is 13.9. The summed E-state index contributed by atoms with van der Waals surface area (Å²) in [6.45, 7) is 0.241. The number of nitrogens with one attached hydrogen (secondary N) is 1. The Hall–Kier alpha value is -2.83. The first-order valence-corrected chi connectivity index (χ1v) is 12.1. The predicted octanol–water partition coefficient (Wildman–Crippen LogP) is 5.10. The van der Waals surface area contributed by atoms with Crippen molar-refractivity contribution in [1.82, 2.24) is 10.2 Å². The average Bonchev–Trinajstić information content (AvgIpc) is 2.82. The monoisotopic (exact) mass is 484 g/mol. The molecule has 0 bridgehead atoms. The maximum absolute atomic E-state index is 13.9. The molecule has 0 unspecified atom stereocenters. The quantitative estimate of drug-likeness (QED) is 0.435. The van der Waals surface area contributed by atoms with Crippen LogP contribution in [0, 0.1) is 5.82 Å². The third-order valence-electron chi connectivity index (χ3n) is 5.20. The lowest BCUT2D eigenvalue weighted by Crippen LogP contribution is -2.50. The molecule has 33 heavy (non-hydrogen) atoms. The van der Waals surface area contributed by atoms with Gasteiger partial charge in [-0.2, -0.15) is 0 Å². The predicted molar refractivity (Wildman–Crippen MR) is 133 cm³/mol. The lowest BCUT2D eigenvalue weighted by molar-refractivity contribution is -0.139. The molecule has 0 fully saturated rings. The maximum Gasteiger partial charge on any atom is 0.242 e. The van der Waals surface area contributed by atoms with Crippen molar-refractivity contribution in [3.05, 3.63) is 106 Å². The molecule has 1 atom stereocenters. The van der Waals surface area contributed by atoms with E-state index in [-0.39, 0.29) is 29.9 Å². The van der Waals surface area contributed by atoms with Gasteiger partial charge in [-0.15, -0.1) is 11.8 Å². The molecular formula is C26H26ClFN2O2S. The third-order valence-corrected chi connectivity index (χ3v) is 6.40. The summed E-state index contributed by atoms with van der Waals surface area (Å²) in [4.78, 5) is 27.8. The van der Waals surface area contributed by atoms with Crippen LogP contribution in [-0.4, -0.2) is 35.6 Å². The van der Waals surface area contributed by atoms with Gasteiger partial charge in [-0.3, -0.25) is 9.59 Å². The fourth-order valence-electron chi connectivity index (χ4n) is 3.50. The topological polar surface area (TPSA) is 49.4 Å². The van der Waals surface area contributed by atoms with E-state index in [4.69, 9.17) is 11.6 Å². The van der Waals surface area contributed by atoms with Crippen molar-refractivity contribution >= 4 is 35.2 Å². The molecule has 172 valence electrons. The normalized spacial score (nSPS) is 11.6. The number of halogens is 2. The molecular weight excluding hydrogens is 459 g/mol. The number of amides is 2. The minimum Gasteiger partial charge on any atom is -0.357 e. The van der Waals surface area contributed by atoms with Crippen LogP contribution in [0.2, 0.25) is 5.02 Å². The molecule has 0 aliphatic heterocycles. The summed E-state index contributed by atoms with van der Waals surface area (Å²) >= 11 is 7.48. The van der Waals surface area contributed by atoms with E-state index in [1.54, 1.807) is 42.3 Å². The van der Waals surface area contributed by atoms with Gasteiger partial charge in [0.15, 0.2) is 0 Å². The Kier molecular flexibility index (Phi) is 9.34. The van der Waals surface area contributed by atoms with Gasteiger partial charge in [0.2, 0.25) is 11.8 Å². The number of carbonyl (C=O) groups is 2. The number of hydrogen-bond donors (Lipinski definition) is 1. The van der Waals surface area contributed by atoms with Crippen molar-refractivity contribution in [3.63, 3.8) is 0 Å². The van der Waals surface area contributed by atoms with E-state index >= 15 is 0 Å². The minimum absolute atomic E-state index is 0.122. The van der Waals surface area contributed by atoms with Gasteiger partial charge < -0.3 is 10.2 Å². The molecule has 1 N–H and O–H groups in total. The number of likely N-dealkylation sites (N-methyl/N-ethyl adjacent to an activating group) is 1. The van der Waals surface area contributed by atoms with Crippen molar-refractivity contribution in [2.24, 2.45) is 0 Å². The summed E-state index contributed by atoms with van der Waals surface area (Å²) in [5, 5.41) is 3.26. The second-order valence-corrected chi connectivity index (χ2v) is 8.98. The van der Waals surface area contributed by atoms with Crippen LogP contribution in [0.4, 0.5) is 4.39 Å². The molecule has 3 rings (SSSR count). The molecule has 3 aromatic rings. The first-order valence-electron chi connectivity index (χ1n) is 10.6. The van der Waals surface area contributed by atoms with E-state index in [1.807, 2.05) is 42.5 Å². The Morgan fingerprint density at radius 1 is 1.00 bits per heavy atom. The first-order chi connectivity index (χ1) is 16.0. The SMILES string of the molecule is CNC(=O)[C@@H](Cc1ccccc1)N(Cc1cccc(Cl)c1)C(=O)CSCc1ccccc1F. The Bertz CT molecular complexity index is 1080. The first kappa shape index (κ1) is 24.8. The van der Waals surface area contributed by atoms with Crippen LogP contribution >= 0.6 is 23.4 Å². The van der Waals surface area contributed by atoms with Crippen molar-refractivity contribution < 1.29 is 14.0 Å². The Balaban J connectivity index is 1.81. The van der Waals surface area contributed by atoms with Gasteiger partial charge in [-0.1, -0.05) is 72.3 Å². The molecule has 0 aromatic heterocycles. The highest BCUT2D eigenvalue weighted by Gasteiger charge is 2.29. The number of nitrogens with zero attached hydrogens (tertiary/aromatic N) is 1. The van der Waals surface area contributed by atoms with Crippen LogP contribution < -0.4 is 5.32 Å². The third kappa shape index (κ3) is 7.34. The molecule has 0 saturated heterocycles. The molecule has 0 saturated carbocycles. The zero-order chi connectivity index (χ0) is 23.6. The van der Waals surface area contributed by atoms with Gasteiger partial charge in [-0.25, -0.2) is 4.39 Å². The standard InChI is InChI=1S/C26H26ClFN2O2S/c1-29-26(32)24(15-19-8-3-2-4-9-19)30(16-20-10-7-12-22(27)14-20)25(31)18-33-17-21-11-5-6-13-23(21)28/h2-14,24H,15-18H2,1H3,(H,29,32)/t24-/m1/s1. The molecule has 0 aliphatic carbocycles. The summed E-state index contributed by atoms with van der Waals surface area (Å²) in [5.74, 6) is -0.237. The molecule has 3 aromatic carbocycles. The van der Waals surface area contributed by atoms with E-state index < -0.39 is 6.04 Å². The number of rotatable bonds is 10. The van der Waals surface area contributed by atoms with Crippen molar-refractivity contribution in [3.8, 4) is 0 Å². The minimum atomic E-state index is -0.696. The molecule has 7 heteroatoms. The largest absolute Gasteiger partial charge is 0.357 e. The lowest BCUT2D eigenvalue weighted by atomic mass is 10.0. The number of carbonyl (C=O) groups excluding carboxylic acids is 2. The highest BCUT2D eigenvalue weighted by molar-refractivity contribution is 7.99. The smallest absolute Gasteiger partial charge is 0.242 e. The summed E-state index contributed by atoms with van der Waals surface area (Å²) in [7, 11) is 1.56. The van der Waals surface area contributed by atoms with Gasteiger partial charge >= 0.3 is 0 Å². The molecule has 0 radical (unpaired) electrons. The van der Waals surface area contributed by atoms with E-state index in [0.29, 0.717) is 22.8 Å². The van der Waals surface area contributed by atoms with E-state index in [1.165, 1.54) is 17.8 Å². The van der Waals surface area contributed by atoms with Gasteiger partial charge in [-0.05, 0) is 34.9 Å². The van der Waals surface area contributed by atoms with Crippen molar-refractivity contribution in [2.75, 3.05) is 12.8 Å². The van der Waals surface area contributed by atoms with E-state index in [0.717, 1.165) is 11.1 Å². The zero-order valence-corrected chi connectivity index (χ0v) is 19.9. The van der Waals surface area contributed by atoms with Gasteiger partial charge in [0.25, 0.3) is 0 Å². The van der Waals surface area contributed by atoms with Gasteiger partial charge in [0.05, 0.1) is 5.75 Å². The summed E-state index contributed by atoms with van der Waals surface area (Å²) in [6, 6.07) is 22.7. The van der Waals surface area contributed by atoms with Gasteiger partial charge in [0, 0.05) is 30.8 Å². The summed E-state index contributed by atoms with van der Waals surface area (Å²) in [5.41, 5.74) is 2.33. The van der Waals surface area contributed by atoms with Crippen molar-refractivity contribution in [1.29, 1.82) is 0 Å². The molecule has 0 aliphatic rings. The molecule has 0 spiro atoms. The number of hydrogen-bond acceptors (Lipinski definition) is 3. The Morgan fingerprint density at radius 3 is 2.39 bits per heavy atom. The highest BCUT2D eigenvalue weighted by Crippen LogP contribution is 2.20. The lowest BCUT2D eigenvalue weighted by Gasteiger charge is -2.31. The van der Waals surface area contributed by atoms with E-state index in [2.05, 4.69) is 5.32 Å². The fourth-order valence-corrected chi connectivity index (χ4v) is 4.61. The molecule has 0 heterocycles. The second kappa shape index (κ2) is 12.4. The number of thioether (sulfide) groups is 1. The van der Waals surface area contributed by atoms with Gasteiger partial charge in [0.1, 0.15) is 11.9 Å². The van der Waals surface area contributed by atoms with E-state index in [9.17, 15) is 14.0 Å². The summed E-state index contributed by atoms with van der Waals surface area (Å²) in [6.07, 6.45) is 0.380. The highest BCUT2D eigenvalue weighted by atomic mass is 35.5. The molecule has 2 amide bonds. The Morgan fingerprint density at radius 2 is 1.70 bits per heavy atom. The Labute approximate surface area is 203 Å². The molecule has 4 nitrogen and oxygen atoms in total. The van der Waals surface area contributed by atoms with Crippen LogP contribution in [0.1, 0.15) is 16.7 Å². The zero-order valence-electron chi connectivity index (χ0n) is 18.3. The average molecular weight is 485 g/mol. The number of benzene rings is 3. The van der Waals surface area contributed by atoms with Crippen LogP contribution in [0.5, 0.6) is 0 Å². The van der Waals surface area contributed by atoms with Crippen LogP contribution in [0.3, 0.4) is 0 Å². The van der Waals surface area contributed by atoms with Crippen LogP contribution in [-0.2, 0) is 28.3 Å². The maximum atomic E-state index is 13.9.